The predicted molar refractivity (Wildman–Crippen MR) is 69.2 cm³/mol. The number of nitrogens with zero attached hydrogens (tertiary/aromatic N) is 1. The van der Waals surface area contributed by atoms with E-state index in [-0.39, 0.29) is 5.60 Å². The van der Waals surface area contributed by atoms with Crippen molar-refractivity contribution in [2.75, 3.05) is 6.61 Å². The van der Waals surface area contributed by atoms with Crippen molar-refractivity contribution >= 4 is 11.3 Å². The zero-order valence-electron chi connectivity index (χ0n) is 10.4. The van der Waals surface area contributed by atoms with E-state index in [2.05, 4.69) is 22.6 Å². The summed E-state index contributed by atoms with van der Waals surface area (Å²) in [6.45, 7) is 3.89. The van der Waals surface area contributed by atoms with Crippen LogP contribution in [-0.2, 0) is 11.3 Å². The van der Waals surface area contributed by atoms with Crippen LogP contribution in [-0.4, -0.2) is 23.2 Å². The van der Waals surface area contributed by atoms with E-state index < -0.39 is 0 Å². The highest BCUT2D eigenvalue weighted by molar-refractivity contribution is 7.09. The molecule has 1 aliphatic heterocycles. The first kappa shape index (κ1) is 11.6. The molecule has 3 rings (SSSR count). The first-order valence-corrected chi connectivity index (χ1v) is 7.42. The number of nitrogens with one attached hydrogen (secondary N) is 1. The third-order valence-electron chi connectivity index (χ3n) is 4.00. The van der Waals surface area contributed by atoms with Gasteiger partial charge < -0.3 is 10.1 Å². The number of thiazole rings is 1. The second-order valence-corrected chi connectivity index (χ2v) is 6.38. The van der Waals surface area contributed by atoms with Gasteiger partial charge in [-0.05, 0) is 39.0 Å². The number of hydrogen-bond acceptors (Lipinski definition) is 4. The molecule has 1 aromatic heterocycles. The van der Waals surface area contributed by atoms with Gasteiger partial charge in [-0.25, -0.2) is 4.98 Å². The van der Waals surface area contributed by atoms with Gasteiger partial charge in [0.15, 0.2) is 0 Å². The summed E-state index contributed by atoms with van der Waals surface area (Å²) in [5.74, 6) is 0. The molecule has 0 aromatic carbocycles. The van der Waals surface area contributed by atoms with Crippen molar-refractivity contribution in [2.24, 2.45) is 0 Å². The van der Waals surface area contributed by atoms with Gasteiger partial charge in [-0.1, -0.05) is 0 Å². The molecule has 1 spiro atoms. The highest BCUT2D eigenvalue weighted by Crippen LogP contribution is 2.42. The zero-order chi connectivity index (χ0) is 11.7. The molecule has 1 saturated heterocycles. The number of aryl methyl sites for hydroxylation is 1. The average molecular weight is 252 g/mol. The van der Waals surface area contributed by atoms with Crippen LogP contribution < -0.4 is 5.32 Å². The first-order chi connectivity index (χ1) is 8.26. The lowest BCUT2D eigenvalue weighted by atomic mass is 9.74. The van der Waals surface area contributed by atoms with Crippen LogP contribution >= 0.6 is 11.3 Å². The summed E-state index contributed by atoms with van der Waals surface area (Å²) in [7, 11) is 0. The third-order valence-corrected chi connectivity index (χ3v) is 4.82. The van der Waals surface area contributed by atoms with Crippen molar-refractivity contribution in [3.63, 3.8) is 0 Å². The molecule has 0 amide bonds. The summed E-state index contributed by atoms with van der Waals surface area (Å²) in [5.41, 5.74) is 1.43. The third kappa shape index (κ3) is 2.54. The van der Waals surface area contributed by atoms with Gasteiger partial charge in [-0.3, -0.25) is 0 Å². The fourth-order valence-electron chi connectivity index (χ4n) is 2.86. The topological polar surface area (TPSA) is 34.2 Å². The Hall–Kier alpha value is -0.450. The molecule has 2 heterocycles. The fraction of sp³-hybridized carbons (Fsp3) is 0.769. The maximum absolute atomic E-state index is 5.93. The van der Waals surface area contributed by atoms with Crippen LogP contribution in [0.4, 0.5) is 0 Å². The molecule has 0 bridgehead atoms. The van der Waals surface area contributed by atoms with Crippen LogP contribution in [0.25, 0.3) is 0 Å². The van der Waals surface area contributed by atoms with E-state index >= 15 is 0 Å². The second kappa shape index (κ2) is 4.67. The van der Waals surface area contributed by atoms with Gasteiger partial charge in [-0.15, -0.1) is 11.3 Å². The summed E-state index contributed by atoms with van der Waals surface area (Å²) in [6, 6.07) is 0.617. The zero-order valence-corrected chi connectivity index (χ0v) is 11.2. The summed E-state index contributed by atoms with van der Waals surface area (Å²) >= 11 is 1.73. The van der Waals surface area contributed by atoms with Crippen molar-refractivity contribution < 1.29 is 4.74 Å². The van der Waals surface area contributed by atoms with Gasteiger partial charge >= 0.3 is 0 Å². The van der Waals surface area contributed by atoms with Gasteiger partial charge in [0.1, 0.15) is 0 Å². The Bertz CT molecular complexity index is 387. The van der Waals surface area contributed by atoms with Crippen LogP contribution in [0.5, 0.6) is 0 Å². The van der Waals surface area contributed by atoms with Crippen LogP contribution in [0.3, 0.4) is 0 Å². The number of hydrogen-bond donors (Lipinski definition) is 1. The van der Waals surface area contributed by atoms with Crippen LogP contribution in [0.1, 0.15) is 42.8 Å². The Morgan fingerprint density at radius 2 is 2.47 bits per heavy atom. The summed E-state index contributed by atoms with van der Waals surface area (Å²) in [6.07, 6.45) is 6.21. The summed E-state index contributed by atoms with van der Waals surface area (Å²) in [4.78, 5) is 4.49. The van der Waals surface area contributed by atoms with Crippen LogP contribution in [0.15, 0.2) is 5.38 Å². The van der Waals surface area contributed by atoms with Gasteiger partial charge in [0.25, 0.3) is 0 Å². The normalized spacial score (nSPS) is 27.0. The highest BCUT2D eigenvalue weighted by Gasteiger charge is 2.42. The molecule has 17 heavy (non-hydrogen) atoms. The smallest absolute Gasteiger partial charge is 0.0897 e. The Morgan fingerprint density at radius 3 is 3.12 bits per heavy atom. The Balaban J connectivity index is 1.51. The molecule has 0 radical (unpaired) electrons. The van der Waals surface area contributed by atoms with Gasteiger partial charge in [0, 0.05) is 24.6 Å². The number of ether oxygens (including phenoxy) is 1. The minimum absolute atomic E-state index is 0.244. The fourth-order valence-corrected chi connectivity index (χ4v) is 3.47. The first-order valence-electron chi connectivity index (χ1n) is 6.54. The van der Waals surface area contributed by atoms with Gasteiger partial charge in [0.05, 0.1) is 16.3 Å². The van der Waals surface area contributed by atoms with Crippen molar-refractivity contribution in [3.8, 4) is 0 Å². The predicted octanol–water partition coefficient (Wildman–Crippen LogP) is 2.64. The molecule has 1 N–H and O–H groups in total. The average Bonchev–Trinajstić information content (AvgIpc) is 2.71. The Labute approximate surface area is 107 Å². The van der Waals surface area contributed by atoms with Gasteiger partial charge in [0.2, 0.25) is 0 Å². The van der Waals surface area contributed by atoms with E-state index in [1.54, 1.807) is 11.3 Å². The van der Waals surface area contributed by atoms with Crippen molar-refractivity contribution in [2.45, 2.75) is 57.2 Å². The lowest BCUT2D eigenvalue weighted by Gasteiger charge is -2.47. The molecule has 1 saturated carbocycles. The van der Waals surface area contributed by atoms with E-state index in [1.165, 1.54) is 31.4 Å². The molecule has 1 aliphatic carbocycles. The molecule has 1 atom stereocenters. The van der Waals surface area contributed by atoms with Crippen LogP contribution in [0, 0.1) is 6.92 Å². The van der Waals surface area contributed by atoms with Crippen LogP contribution in [0.2, 0.25) is 0 Å². The molecule has 2 fully saturated rings. The molecule has 94 valence electrons. The molecule has 3 nitrogen and oxygen atoms in total. The maximum Gasteiger partial charge on any atom is 0.0897 e. The number of aromatic nitrogens is 1. The quantitative estimate of drug-likeness (QED) is 0.898. The summed E-state index contributed by atoms with van der Waals surface area (Å²) in [5, 5.41) is 6.95. The largest absolute Gasteiger partial charge is 0.375 e. The molecule has 1 unspecified atom stereocenters. The molecular weight excluding hydrogens is 232 g/mol. The van der Waals surface area contributed by atoms with Gasteiger partial charge in [-0.2, -0.15) is 0 Å². The standard InChI is InChI=1S/C13H20N2OS/c1-10-15-12(9-17-10)8-14-11-3-6-16-13(7-11)4-2-5-13/h9,11,14H,2-8H2,1H3. The molecule has 2 aliphatic rings. The summed E-state index contributed by atoms with van der Waals surface area (Å²) < 4.78 is 5.93. The van der Waals surface area contributed by atoms with Crippen molar-refractivity contribution in [1.29, 1.82) is 0 Å². The molecule has 4 heteroatoms. The van der Waals surface area contributed by atoms with E-state index in [1.807, 2.05) is 0 Å². The lowest BCUT2D eigenvalue weighted by molar-refractivity contribution is -0.135. The van der Waals surface area contributed by atoms with Crippen molar-refractivity contribution in [1.82, 2.24) is 10.3 Å². The van der Waals surface area contributed by atoms with E-state index in [9.17, 15) is 0 Å². The molecule has 1 aromatic rings. The Morgan fingerprint density at radius 1 is 1.59 bits per heavy atom. The van der Waals surface area contributed by atoms with E-state index in [4.69, 9.17) is 4.74 Å². The van der Waals surface area contributed by atoms with E-state index in [0.29, 0.717) is 6.04 Å². The maximum atomic E-state index is 5.93. The lowest BCUT2D eigenvalue weighted by Crippen LogP contribution is -2.50. The minimum Gasteiger partial charge on any atom is -0.375 e. The van der Waals surface area contributed by atoms with Crippen molar-refractivity contribution in [3.05, 3.63) is 16.1 Å². The SMILES string of the molecule is Cc1nc(CNC2CCOC3(CCC3)C2)cs1. The van der Waals surface area contributed by atoms with E-state index in [0.717, 1.165) is 24.6 Å². The molecular formula is C13H20N2OS. The Kier molecular flexibility index (Phi) is 3.19. The second-order valence-electron chi connectivity index (χ2n) is 5.31. The highest BCUT2D eigenvalue weighted by atomic mass is 32.1. The minimum atomic E-state index is 0.244. The number of rotatable bonds is 3. The monoisotopic (exact) mass is 252 g/mol.